The van der Waals surface area contributed by atoms with Gasteiger partial charge in [-0.2, -0.15) is 0 Å². The zero-order valence-corrected chi connectivity index (χ0v) is 11.8. The highest BCUT2D eigenvalue weighted by molar-refractivity contribution is 7.80. The lowest BCUT2D eigenvalue weighted by atomic mass is 10.2. The predicted octanol–water partition coefficient (Wildman–Crippen LogP) is 2.24. The first-order valence-electron chi connectivity index (χ1n) is 6.45. The summed E-state index contributed by atoms with van der Waals surface area (Å²) >= 11 is 5.16. The standard InChI is InChI=1S/C14H18N2O2S/c1-18-12-9-5-4-8-11(12)13(17)16-14(19)15-10-6-2-3-7-10/h4-5,8-10H,2-3,6-7H2,1H3,(H2,15,16,17,19). The summed E-state index contributed by atoms with van der Waals surface area (Å²) in [5.74, 6) is 0.302. The summed E-state index contributed by atoms with van der Waals surface area (Å²) in [4.78, 5) is 12.1. The molecule has 1 aliphatic rings. The van der Waals surface area contributed by atoms with E-state index in [1.807, 2.05) is 6.07 Å². The van der Waals surface area contributed by atoms with E-state index < -0.39 is 0 Å². The van der Waals surface area contributed by atoms with Crippen LogP contribution in [0.3, 0.4) is 0 Å². The maximum Gasteiger partial charge on any atom is 0.261 e. The van der Waals surface area contributed by atoms with E-state index in [-0.39, 0.29) is 5.91 Å². The second-order valence-corrected chi connectivity index (χ2v) is 5.02. The lowest BCUT2D eigenvalue weighted by molar-refractivity contribution is 0.0973. The minimum atomic E-state index is -0.243. The summed E-state index contributed by atoms with van der Waals surface area (Å²) in [6.45, 7) is 0. The number of ether oxygens (including phenoxy) is 1. The molecule has 4 nitrogen and oxygen atoms in total. The minimum absolute atomic E-state index is 0.243. The summed E-state index contributed by atoms with van der Waals surface area (Å²) in [5, 5.41) is 6.27. The van der Waals surface area contributed by atoms with Crippen LogP contribution in [0, 0.1) is 0 Å². The van der Waals surface area contributed by atoms with E-state index in [1.54, 1.807) is 25.3 Å². The van der Waals surface area contributed by atoms with E-state index >= 15 is 0 Å². The Morgan fingerprint density at radius 3 is 2.68 bits per heavy atom. The van der Waals surface area contributed by atoms with Gasteiger partial charge in [0.15, 0.2) is 5.11 Å². The van der Waals surface area contributed by atoms with E-state index in [0.717, 1.165) is 12.8 Å². The molecule has 1 aromatic rings. The first kappa shape index (κ1) is 13.8. The molecule has 1 aromatic carbocycles. The van der Waals surface area contributed by atoms with Gasteiger partial charge in [-0.05, 0) is 37.2 Å². The highest BCUT2D eigenvalue weighted by atomic mass is 32.1. The van der Waals surface area contributed by atoms with Crippen molar-refractivity contribution in [3.8, 4) is 5.75 Å². The third kappa shape index (κ3) is 3.67. The van der Waals surface area contributed by atoms with Crippen molar-refractivity contribution in [1.29, 1.82) is 0 Å². The van der Waals surface area contributed by atoms with E-state index in [0.29, 0.717) is 22.5 Å². The number of para-hydroxylation sites is 1. The van der Waals surface area contributed by atoms with Crippen molar-refractivity contribution in [1.82, 2.24) is 10.6 Å². The highest BCUT2D eigenvalue weighted by Crippen LogP contribution is 2.18. The molecule has 5 heteroatoms. The Hall–Kier alpha value is -1.62. The van der Waals surface area contributed by atoms with E-state index in [2.05, 4.69) is 10.6 Å². The molecule has 0 aliphatic heterocycles. The van der Waals surface area contributed by atoms with Gasteiger partial charge in [-0.15, -0.1) is 0 Å². The van der Waals surface area contributed by atoms with Gasteiger partial charge in [0.25, 0.3) is 5.91 Å². The molecule has 2 N–H and O–H groups in total. The molecule has 0 radical (unpaired) electrons. The van der Waals surface area contributed by atoms with E-state index in [1.165, 1.54) is 12.8 Å². The molecule has 19 heavy (non-hydrogen) atoms. The lowest BCUT2D eigenvalue weighted by Gasteiger charge is -2.15. The van der Waals surface area contributed by atoms with Crippen LogP contribution in [0.15, 0.2) is 24.3 Å². The zero-order valence-electron chi connectivity index (χ0n) is 10.9. The molecule has 1 aliphatic carbocycles. The van der Waals surface area contributed by atoms with Gasteiger partial charge >= 0.3 is 0 Å². The van der Waals surface area contributed by atoms with Crippen LogP contribution in [0.5, 0.6) is 5.75 Å². The molecule has 102 valence electrons. The fourth-order valence-electron chi connectivity index (χ4n) is 2.29. The van der Waals surface area contributed by atoms with Crippen molar-refractivity contribution >= 4 is 23.2 Å². The highest BCUT2D eigenvalue weighted by Gasteiger charge is 2.17. The van der Waals surface area contributed by atoms with Crippen LogP contribution in [0.4, 0.5) is 0 Å². The van der Waals surface area contributed by atoms with Crippen molar-refractivity contribution in [2.24, 2.45) is 0 Å². The topological polar surface area (TPSA) is 50.4 Å². The van der Waals surface area contributed by atoms with Crippen molar-refractivity contribution < 1.29 is 9.53 Å². The maximum absolute atomic E-state index is 12.1. The number of hydrogen-bond donors (Lipinski definition) is 2. The minimum Gasteiger partial charge on any atom is -0.496 e. The van der Waals surface area contributed by atoms with Crippen LogP contribution in [0.2, 0.25) is 0 Å². The molecule has 0 aromatic heterocycles. The van der Waals surface area contributed by atoms with Crippen LogP contribution in [-0.4, -0.2) is 24.2 Å². The fourth-order valence-corrected chi connectivity index (χ4v) is 2.55. The summed E-state index contributed by atoms with van der Waals surface area (Å²) in [6, 6.07) is 7.48. The number of hydrogen-bond acceptors (Lipinski definition) is 3. The quantitative estimate of drug-likeness (QED) is 0.833. The number of methoxy groups -OCH3 is 1. The monoisotopic (exact) mass is 278 g/mol. The Bertz CT molecular complexity index is 470. The smallest absolute Gasteiger partial charge is 0.261 e. The van der Waals surface area contributed by atoms with E-state index in [4.69, 9.17) is 17.0 Å². The van der Waals surface area contributed by atoms with E-state index in [9.17, 15) is 4.79 Å². The molecular weight excluding hydrogens is 260 g/mol. The van der Waals surface area contributed by atoms with Crippen LogP contribution in [-0.2, 0) is 0 Å². The normalized spacial score (nSPS) is 15.0. The van der Waals surface area contributed by atoms with Gasteiger partial charge in [0.2, 0.25) is 0 Å². The molecule has 1 fully saturated rings. The number of carbonyl (C=O) groups is 1. The van der Waals surface area contributed by atoms with Crippen LogP contribution < -0.4 is 15.4 Å². The number of benzene rings is 1. The average molecular weight is 278 g/mol. The van der Waals surface area contributed by atoms with Gasteiger partial charge in [-0.3, -0.25) is 10.1 Å². The molecule has 1 amide bonds. The summed E-state index contributed by atoms with van der Waals surface area (Å²) in [7, 11) is 1.54. The summed E-state index contributed by atoms with van der Waals surface area (Å²) in [5.41, 5.74) is 0.487. The molecule has 0 saturated heterocycles. The van der Waals surface area contributed by atoms with Crippen LogP contribution in [0.25, 0.3) is 0 Å². The largest absolute Gasteiger partial charge is 0.496 e. The van der Waals surface area contributed by atoms with Crippen molar-refractivity contribution in [3.05, 3.63) is 29.8 Å². The van der Waals surface area contributed by atoms with Gasteiger partial charge in [0.1, 0.15) is 5.75 Å². The SMILES string of the molecule is COc1ccccc1C(=O)NC(=S)NC1CCCC1. The molecule has 0 atom stereocenters. The number of thiocarbonyl (C=S) groups is 1. The number of nitrogens with one attached hydrogen (secondary N) is 2. The van der Waals surface area contributed by atoms with Gasteiger partial charge in [-0.25, -0.2) is 0 Å². The summed E-state index contributed by atoms with van der Waals surface area (Å²) in [6.07, 6.45) is 4.68. The third-order valence-electron chi connectivity index (χ3n) is 3.27. The van der Waals surface area contributed by atoms with Crippen molar-refractivity contribution in [3.63, 3.8) is 0 Å². The lowest BCUT2D eigenvalue weighted by Crippen LogP contribution is -2.43. The molecule has 0 unspecified atom stereocenters. The van der Waals surface area contributed by atoms with Crippen LogP contribution >= 0.6 is 12.2 Å². The van der Waals surface area contributed by atoms with Gasteiger partial charge in [0, 0.05) is 6.04 Å². The van der Waals surface area contributed by atoms with Gasteiger partial charge in [-0.1, -0.05) is 25.0 Å². The van der Waals surface area contributed by atoms with Gasteiger partial charge in [0.05, 0.1) is 12.7 Å². The Kier molecular flexibility index (Phi) is 4.74. The predicted molar refractivity (Wildman–Crippen MR) is 78.4 cm³/mol. The van der Waals surface area contributed by atoms with Crippen LogP contribution in [0.1, 0.15) is 36.0 Å². The Morgan fingerprint density at radius 2 is 2.00 bits per heavy atom. The molecule has 0 spiro atoms. The third-order valence-corrected chi connectivity index (χ3v) is 3.49. The molecule has 0 bridgehead atoms. The Balaban J connectivity index is 1.94. The molecule has 1 saturated carbocycles. The van der Waals surface area contributed by atoms with Crippen molar-refractivity contribution in [2.75, 3.05) is 7.11 Å². The van der Waals surface area contributed by atoms with Crippen molar-refractivity contribution in [2.45, 2.75) is 31.7 Å². The first-order chi connectivity index (χ1) is 9.20. The molecular formula is C14H18N2O2S. The summed E-state index contributed by atoms with van der Waals surface area (Å²) < 4.78 is 5.16. The Morgan fingerprint density at radius 1 is 1.32 bits per heavy atom. The number of amides is 1. The van der Waals surface area contributed by atoms with Gasteiger partial charge < -0.3 is 10.1 Å². The Labute approximate surface area is 118 Å². The number of rotatable bonds is 3. The average Bonchev–Trinajstić information content (AvgIpc) is 2.91. The molecule has 0 heterocycles. The second kappa shape index (κ2) is 6.52. The first-order valence-corrected chi connectivity index (χ1v) is 6.86. The maximum atomic E-state index is 12.1. The zero-order chi connectivity index (χ0) is 13.7. The second-order valence-electron chi connectivity index (χ2n) is 4.61. The fraction of sp³-hybridized carbons (Fsp3) is 0.429. The molecule has 2 rings (SSSR count). The number of carbonyl (C=O) groups excluding carboxylic acids is 1.